The molecular weight excluding hydrogens is 240 g/mol. The Morgan fingerprint density at radius 3 is 2.47 bits per heavy atom. The van der Waals surface area contributed by atoms with Gasteiger partial charge in [0.25, 0.3) is 0 Å². The highest BCUT2D eigenvalue weighted by molar-refractivity contribution is 6.32. The standard InChI is InChI=1S/C12H15ClN2O2/c1-7-4-5-10(15-12(17)8(2)13)6-11(7)14-9(3)16/h4-6,8H,1-3H3,(H,14,16)(H,15,17)/t8-/m0/s1. The van der Waals surface area contributed by atoms with E-state index in [-0.39, 0.29) is 11.8 Å². The first-order valence-corrected chi connectivity index (χ1v) is 5.67. The predicted octanol–water partition coefficient (Wildman–Crippen LogP) is 2.52. The Bertz CT molecular complexity index is 444. The van der Waals surface area contributed by atoms with Gasteiger partial charge in [-0.2, -0.15) is 0 Å². The first kappa shape index (κ1) is 13.5. The number of hydrogen-bond acceptors (Lipinski definition) is 2. The van der Waals surface area contributed by atoms with Crippen LogP contribution in [0.5, 0.6) is 0 Å². The zero-order valence-electron chi connectivity index (χ0n) is 10.0. The summed E-state index contributed by atoms with van der Waals surface area (Å²) in [6.07, 6.45) is 0. The summed E-state index contributed by atoms with van der Waals surface area (Å²) in [5, 5.41) is 4.76. The van der Waals surface area contributed by atoms with Crippen LogP contribution in [0.3, 0.4) is 0 Å². The maximum Gasteiger partial charge on any atom is 0.242 e. The minimum absolute atomic E-state index is 0.151. The highest BCUT2D eigenvalue weighted by Crippen LogP contribution is 2.20. The van der Waals surface area contributed by atoms with Crippen LogP contribution in [0.2, 0.25) is 0 Å². The number of carbonyl (C=O) groups excluding carboxylic acids is 2. The van der Waals surface area contributed by atoms with Crippen LogP contribution in [0, 0.1) is 6.92 Å². The third kappa shape index (κ3) is 4.07. The molecule has 0 heterocycles. The molecule has 1 rings (SSSR count). The molecule has 92 valence electrons. The highest BCUT2D eigenvalue weighted by atomic mass is 35.5. The van der Waals surface area contributed by atoms with Gasteiger partial charge < -0.3 is 10.6 Å². The first-order chi connectivity index (χ1) is 7.90. The van der Waals surface area contributed by atoms with Crippen molar-refractivity contribution in [1.82, 2.24) is 0 Å². The maximum absolute atomic E-state index is 11.4. The van der Waals surface area contributed by atoms with Crippen molar-refractivity contribution in [2.24, 2.45) is 0 Å². The zero-order chi connectivity index (χ0) is 13.0. The van der Waals surface area contributed by atoms with Gasteiger partial charge in [-0.15, -0.1) is 11.6 Å². The van der Waals surface area contributed by atoms with Gasteiger partial charge in [-0.05, 0) is 31.5 Å². The summed E-state index contributed by atoms with van der Waals surface area (Å²) >= 11 is 5.65. The molecule has 2 N–H and O–H groups in total. The van der Waals surface area contributed by atoms with Crippen LogP contribution in [-0.2, 0) is 9.59 Å². The van der Waals surface area contributed by atoms with Gasteiger partial charge in [-0.25, -0.2) is 0 Å². The first-order valence-electron chi connectivity index (χ1n) is 5.23. The molecule has 1 atom stereocenters. The third-order valence-electron chi connectivity index (χ3n) is 2.18. The van der Waals surface area contributed by atoms with E-state index < -0.39 is 5.38 Å². The average Bonchev–Trinajstić information content (AvgIpc) is 2.22. The number of amides is 2. The summed E-state index contributed by atoms with van der Waals surface area (Å²) in [4.78, 5) is 22.4. The fraction of sp³-hybridized carbons (Fsp3) is 0.333. The van der Waals surface area contributed by atoms with Gasteiger partial charge in [0.1, 0.15) is 5.38 Å². The largest absolute Gasteiger partial charge is 0.326 e. The topological polar surface area (TPSA) is 58.2 Å². The monoisotopic (exact) mass is 254 g/mol. The quantitative estimate of drug-likeness (QED) is 0.815. The van der Waals surface area contributed by atoms with E-state index in [1.807, 2.05) is 13.0 Å². The molecule has 0 aromatic heterocycles. The average molecular weight is 255 g/mol. The van der Waals surface area contributed by atoms with Crippen molar-refractivity contribution in [1.29, 1.82) is 0 Å². The lowest BCUT2D eigenvalue weighted by Gasteiger charge is -2.11. The van der Waals surface area contributed by atoms with Crippen molar-refractivity contribution in [3.8, 4) is 0 Å². The Hall–Kier alpha value is -1.55. The molecule has 0 fully saturated rings. The molecule has 0 aliphatic rings. The molecule has 0 aliphatic heterocycles. The summed E-state index contributed by atoms with van der Waals surface area (Å²) in [5.41, 5.74) is 2.21. The fourth-order valence-corrected chi connectivity index (χ4v) is 1.32. The van der Waals surface area contributed by atoms with Crippen LogP contribution >= 0.6 is 11.6 Å². The molecule has 0 radical (unpaired) electrons. The van der Waals surface area contributed by atoms with Gasteiger partial charge in [-0.1, -0.05) is 6.07 Å². The molecule has 0 spiro atoms. The molecule has 0 aliphatic carbocycles. The van der Waals surface area contributed by atoms with Crippen LogP contribution < -0.4 is 10.6 Å². The minimum atomic E-state index is -0.597. The Morgan fingerprint density at radius 1 is 1.29 bits per heavy atom. The van der Waals surface area contributed by atoms with Crippen molar-refractivity contribution in [2.45, 2.75) is 26.1 Å². The number of nitrogens with one attached hydrogen (secondary N) is 2. The Labute approximate surface area is 105 Å². The molecule has 0 bridgehead atoms. The summed E-state index contributed by atoms with van der Waals surface area (Å²) in [6.45, 7) is 4.91. The molecular formula is C12H15ClN2O2. The van der Waals surface area contributed by atoms with Gasteiger partial charge in [-0.3, -0.25) is 9.59 Å². The summed E-state index contributed by atoms with van der Waals surface area (Å²) in [5.74, 6) is -0.424. The third-order valence-corrected chi connectivity index (χ3v) is 2.38. The van der Waals surface area contributed by atoms with E-state index in [9.17, 15) is 9.59 Å². The van der Waals surface area contributed by atoms with Gasteiger partial charge >= 0.3 is 0 Å². The normalized spacial score (nSPS) is 11.8. The van der Waals surface area contributed by atoms with Gasteiger partial charge in [0.05, 0.1) is 0 Å². The van der Waals surface area contributed by atoms with E-state index >= 15 is 0 Å². The molecule has 2 amide bonds. The summed E-state index contributed by atoms with van der Waals surface area (Å²) < 4.78 is 0. The fourth-order valence-electron chi connectivity index (χ4n) is 1.27. The van der Waals surface area contributed by atoms with E-state index in [1.54, 1.807) is 19.1 Å². The summed E-state index contributed by atoms with van der Waals surface area (Å²) in [7, 11) is 0. The molecule has 0 saturated heterocycles. The summed E-state index contributed by atoms with van der Waals surface area (Å²) in [6, 6.07) is 5.28. The van der Waals surface area contributed by atoms with Crippen LogP contribution in [0.4, 0.5) is 11.4 Å². The van der Waals surface area contributed by atoms with Crippen LogP contribution in [0.15, 0.2) is 18.2 Å². The lowest BCUT2D eigenvalue weighted by molar-refractivity contribution is -0.115. The number of rotatable bonds is 3. The van der Waals surface area contributed by atoms with E-state index in [0.717, 1.165) is 5.56 Å². The molecule has 1 aromatic rings. The second-order valence-corrected chi connectivity index (χ2v) is 4.47. The second kappa shape index (κ2) is 5.68. The molecule has 0 unspecified atom stereocenters. The lowest BCUT2D eigenvalue weighted by atomic mass is 10.1. The Kier molecular flexibility index (Phi) is 4.52. The lowest BCUT2D eigenvalue weighted by Crippen LogP contribution is -2.20. The van der Waals surface area contributed by atoms with Crippen LogP contribution in [0.25, 0.3) is 0 Å². The number of carbonyl (C=O) groups is 2. The van der Waals surface area contributed by atoms with E-state index in [1.165, 1.54) is 6.92 Å². The number of anilines is 2. The van der Waals surface area contributed by atoms with Crippen molar-refractivity contribution in [2.75, 3.05) is 10.6 Å². The number of hydrogen-bond donors (Lipinski definition) is 2. The Balaban J connectivity index is 2.88. The van der Waals surface area contributed by atoms with Crippen LogP contribution in [0.1, 0.15) is 19.4 Å². The Morgan fingerprint density at radius 2 is 1.94 bits per heavy atom. The molecule has 4 nitrogen and oxygen atoms in total. The van der Waals surface area contributed by atoms with E-state index in [2.05, 4.69) is 10.6 Å². The number of halogens is 1. The smallest absolute Gasteiger partial charge is 0.242 e. The zero-order valence-corrected chi connectivity index (χ0v) is 10.8. The second-order valence-electron chi connectivity index (χ2n) is 3.82. The maximum atomic E-state index is 11.4. The van der Waals surface area contributed by atoms with Gasteiger partial charge in [0.15, 0.2) is 0 Å². The van der Waals surface area contributed by atoms with Gasteiger partial charge in [0, 0.05) is 18.3 Å². The van der Waals surface area contributed by atoms with Crippen molar-refractivity contribution in [3.05, 3.63) is 23.8 Å². The SMILES string of the molecule is CC(=O)Nc1cc(NC(=O)[C@H](C)Cl)ccc1C. The molecule has 0 saturated carbocycles. The van der Waals surface area contributed by atoms with E-state index in [4.69, 9.17) is 11.6 Å². The predicted molar refractivity (Wildman–Crippen MR) is 69.4 cm³/mol. The minimum Gasteiger partial charge on any atom is -0.326 e. The van der Waals surface area contributed by atoms with Gasteiger partial charge in [0.2, 0.25) is 11.8 Å². The number of aryl methyl sites for hydroxylation is 1. The van der Waals surface area contributed by atoms with Crippen molar-refractivity contribution in [3.63, 3.8) is 0 Å². The van der Waals surface area contributed by atoms with Crippen molar-refractivity contribution >= 4 is 34.8 Å². The van der Waals surface area contributed by atoms with Crippen molar-refractivity contribution < 1.29 is 9.59 Å². The highest BCUT2D eigenvalue weighted by Gasteiger charge is 2.10. The molecule has 1 aromatic carbocycles. The van der Waals surface area contributed by atoms with E-state index in [0.29, 0.717) is 11.4 Å². The molecule has 17 heavy (non-hydrogen) atoms. The molecule has 5 heteroatoms. The number of benzene rings is 1. The van der Waals surface area contributed by atoms with Crippen LogP contribution in [-0.4, -0.2) is 17.2 Å². The number of alkyl halides is 1.